The van der Waals surface area contributed by atoms with Crippen molar-refractivity contribution in [1.29, 1.82) is 0 Å². The number of rotatable bonds is 11. The molecule has 2 saturated heterocycles. The van der Waals surface area contributed by atoms with Crippen molar-refractivity contribution >= 4 is 40.2 Å². The fourth-order valence-corrected chi connectivity index (χ4v) is 5.64. The van der Waals surface area contributed by atoms with Crippen LogP contribution in [0.3, 0.4) is 0 Å². The van der Waals surface area contributed by atoms with Gasteiger partial charge in [-0.25, -0.2) is 4.98 Å². The zero-order valence-electron chi connectivity index (χ0n) is 24.4. The maximum atomic E-state index is 12.4. The molecule has 2 aliphatic rings. The molecule has 224 valence electrons. The first kappa shape index (κ1) is 28.6. The van der Waals surface area contributed by atoms with Gasteiger partial charge in [0.05, 0.1) is 25.6 Å². The van der Waals surface area contributed by atoms with Gasteiger partial charge in [0, 0.05) is 57.2 Å². The van der Waals surface area contributed by atoms with Gasteiger partial charge in [-0.05, 0) is 48.7 Å². The summed E-state index contributed by atoms with van der Waals surface area (Å²) in [7, 11) is 0. The van der Waals surface area contributed by atoms with E-state index in [0.29, 0.717) is 30.4 Å². The molecule has 0 spiro atoms. The van der Waals surface area contributed by atoms with Gasteiger partial charge >= 0.3 is 0 Å². The van der Waals surface area contributed by atoms with E-state index in [0.717, 1.165) is 81.4 Å². The normalized spacial score (nSPS) is 17.5. The molecule has 1 amide bonds. The smallest absolute Gasteiger partial charge is 0.246 e. The Morgan fingerprint density at radius 1 is 1.00 bits per heavy atom. The average Bonchev–Trinajstić information content (AvgIpc) is 3.49. The average molecular weight is 582 g/mol. The first-order chi connectivity index (χ1) is 21.2. The lowest BCUT2D eigenvalue weighted by Crippen LogP contribution is -2.39. The third kappa shape index (κ3) is 7.12. The van der Waals surface area contributed by atoms with E-state index in [2.05, 4.69) is 56.3 Å². The number of hydrogen-bond acceptors (Lipinski definition) is 9. The molecular formula is C32H39N9O2. The minimum atomic E-state index is -0.0460. The Morgan fingerprint density at radius 3 is 2.58 bits per heavy atom. The van der Waals surface area contributed by atoms with Crippen molar-refractivity contribution < 1.29 is 9.53 Å². The van der Waals surface area contributed by atoms with Gasteiger partial charge in [-0.15, -0.1) is 0 Å². The van der Waals surface area contributed by atoms with Crippen LogP contribution >= 0.6 is 0 Å². The van der Waals surface area contributed by atoms with Gasteiger partial charge in [-0.2, -0.15) is 9.97 Å². The van der Waals surface area contributed by atoms with Crippen LogP contribution < -0.4 is 16.0 Å². The molecule has 2 aliphatic heterocycles. The molecule has 2 aromatic heterocycles. The number of carbonyl (C=O) groups is 1. The fraction of sp³-hybridized carbons (Fsp3) is 0.375. The predicted molar refractivity (Wildman–Crippen MR) is 170 cm³/mol. The van der Waals surface area contributed by atoms with Crippen LogP contribution in [0.5, 0.6) is 0 Å². The molecule has 0 aliphatic carbocycles. The summed E-state index contributed by atoms with van der Waals surface area (Å²) in [4.78, 5) is 31.1. The number of carbonyl (C=O) groups excluding carboxylic acids is 1. The number of piperidine rings is 1. The van der Waals surface area contributed by atoms with Gasteiger partial charge in [0.25, 0.3) is 0 Å². The number of imidazole rings is 1. The van der Waals surface area contributed by atoms with E-state index in [9.17, 15) is 4.79 Å². The SMILES string of the molecule is C=CC(=O)N1CCCC(n2cnc3c(NCc4ccccc4)nc(Nc4ccc(NCCN5CCOCC5)cc4)nc32)C1. The molecule has 2 aromatic carbocycles. The molecule has 0 saturated carbocycles. The van der Waals surface area contributed by atoms with Crippen LogP contribution in [0.15, 0.2) is 73.6 Å². The van der Waals surface area contributed by atoms with Crippen LogP contribution in [-0.2, 0) is 16.1 Å². The first-order valence-electron chi connectivity index (χ1n) is 15.0. The number of aromatic nitrogens is 4. The van der Waals surface area contributed by atoms with E-state index < -0.39 is 0 Å². The number of nitrogens with zero attached hydrogens (tertiary/aromatic N) is 6. The summed E-state index contributed by atoms with van der Waals surface area (Å²) in [6.07, 6.45) is 5.05. The molecule has 0 radical (unpaired) electrons. The summed E-state index contributed by atoms with van der Waals surface area (Å²) in [5.74, 6) is 1.09. The number of amides is 1. The highest BCUT2D eigenvalue weighted by Gasteiger charge is 2.26. The molecular weight excluding hydrogens is 542 g/mol. The second-order valence-corrected chi connectivity index (χ2v) is 10.9. The van der Waals surface area contributed by atoms with E-state index in [1.807, 2.05) is 41.6 Å². The number of benzene rings is 2. The molecule has 0 bridgehead atoms. The second kappa shape index (κ2) is 13.7. The highest BCUT2D eigenvalue weighted by atomic mass is 16.5. The van der Waals surface area contributed by atoms with Crippen molar-refractivity contribution in [3.63, 3.8) is 0 Å². The molecule has 4 heterocycles. The summed E-state index contributed by atoms with van der Waals surface area (Å²) >= 11 is 0. The topological polar surface area (TPSA) is 112 Å². The van der Waals surface area contributed by atoms with Gasteiger partial charge in [-0.3, -0.25) is 9.69 Å². The third-order valence-corrected chi connectivity index (χ3v) is 8.00. The van der Waals surface area contributed by atoms with E-state index in [4.69, 9.17) is 19.7 Å². The Hall–Kier alpha value is -4.48. The van der Waals surface area contributed by atoms with Gasteiger partial charge in [0.1, 0.15) is 0 Å². The third-order valence-electron chi connectivity index (χ3n) is 8.00. The van der Waals surface area contributed by atoms with Crippen molar-refractivity contribution in [2.24, 2.45) is 0 Å². The van der Waals surface area contributed by atoms with E-state index >= 15 is 0 Å². The van der Waals surface area contributed by atoms with Crippen LogP contribution in [0.4, 0.5) is 23.1 Å². The summed E-state index contributed by atoms with van der Waals surface area (Å²) in [5, 5.41) is 10.4. The monoisotopic (exact) mass is 581 g/mol. The van der Waals surface area contributed by atoms with Crippen molar-refractivity contribution in [2.45, 2.75) is 25.4 Å². The number of anilines is 4. The van der Waals surface area contributed by atoms with Crippen LogP contribution in [0.1, 0.15) is 24.4 Å². The van der Waals surface area contributed by atoms with Gasteiger partial charge < -0.3 is 30.2 Å². The van der Waals surface area contributed by atoms with Crippen LogP contribution in [-0.4, -0.2) is 87.7 Å². The zero-order chi connectivity index (χ0) is 29.4. The molecule has 1 atom stereocenters. The second-order valence-electron chi connectivity index (χ2n) is 10.9. The number of morpholine rings is 1. The minimum Gasteiger partial charge on any atom is -0.384 e. The van der Waals surface area contributed by atoms with Crippen molar-refractivity contribution in [2.75, 3.05) is 68.4 Å². The highest BCUT2D eigenvalue weighted by molar-refractivity contribution is 5.87. The highest BCUT2D eigenvalue weighted by Crippen LogP contribution is 2.29. The molecule has 43 heavy (non-hydrogen) atoms. The van der Waals surface area contributed by atoms with Crippen molar-refractivity contribution in [3.05, 3.63) is 79.1 Å². The Balaban J connectivity index is 1.21. The van der Waals surface area contributed by atoms with E-state index in [1.165, 1.54) is 6.08 Å². The number of likely N-dealkylation sites (tertiary alicyclic amines) is 1. The maximum absolute atomic E-state index is 12.4. The fourth-order valence-electron chi connectivity index (χ4n) is 5.64. The van der Waals surface area contributed by atoms with E-state index in [1.54, 1.807) is 0 Å². The Morgan fingerprint density at radius 2 is 1.79 bits per heavy atom. The molecule has 1 unspecified atom stereocenters. The van der Waals surface area contributed by atoms with Crippen LogP contribution in [0.25, 0.3) is 11.2 Å². The molecule has 11 nitrogen and oxygen atoms in total. The van der Waals surface area contributed by atoms with Crippen molar-refractivity contribution in [3.8, 4) is 0 Å². The zero-order valence-corrected chi connectivity index (χ0v) is 24.4. The van der Waals surface area contributed by atoms with Gasteiger partial charge in [0.2, 0.25) is 11.9 Å². The summed E-state index contributed by atoms with van der Waals surface area (Å²) in [6, 6.07) is 18.4. The van der Waals surface area contributed by atoms with Crippen LogP contribution in [0.2, 0.25) is 0 Å². The molecule has 2 fully saturated rings. The number of nitrogens with one attached hydrogen (secondary N) is 3. The van der Waals surface area contributed by atoms with E-state index in [-0.39, 0.29) is 11.9 Å². The standard InChI is InChI=1S/C32H39N9O2/c1-2-28(42)40-15-6-9-27(22-40)41-23-35-29-30(34-21-24-7-4-3-5-8-24)37-32(38-31(29)41)36-26-12-10-25(11-13-26)33-14-16-39-17-19-43-20-18-39/h2-5,7-8,10-13,23,27,33H,1,6,9,14-22H2,(H2,34,36,37,38). The largest absolute Gasteiger partial charge is 0.384 e. The first-order valence-corrected chi connectivity index (χ1v) is 15.0. The molecule has 4 aromatic rings. The lowest BCUT2D eigenvalue weighted by atomic mass is 10.1. The quantitative estimate of drug-likeness (QED) is 0.224. The summed E-state index contributed by atoms with van der Waals surface area (Å²) < 4.78 is 7.52. The number of hydrogen-bond donors (Lipinski definition) is 3. The molecule has 6 rings (SSSR count). The molecule has 3 N–H and O–H groups in total. The predicted octanol–water partition coefficient (Wildman–Crippen LogP) is 4.28. The van der Waals surface area contributed by atoms with Crippen molar-refractivity contribution in [1.82, 2.24) is 29.3 Å². The summed E-state index contributed by atoms with van der Waals surface area (Å²) in [5.41, 5.74) is 4.53. The number of fused-ring (bicyclic) bond motifs is 1. The molecule has 11 heteroatoms. The minimum absolute atomic E-state index is 0.0460. The Kier molecular flexibility index (Phi) is 9.10. The van der Waals surface area contributed by atoms with Crippen LogP contribution in [0, 0.1) is 0 Å². The van der Waals surface area contributed by atoms with Gasteiger partial charge in [0.15, 0.2) is 17.0 Å². The Bertz CT molecular complexity index is 1520. The Labute approximate surface area is 252 Å². The lowest BCUT2D eigenvalue weighted by Gasteiger charge is -2.32. The van der Waals surface area contributed by atoms with Gasteiger partial charge in [-0.1, -0.05) is 36.9 Å². The maximum Gasteiger partial charge on any atom is 0.246 e. The number of ether oxygens (including phenoxy) is 1. The summed E-state index contributed by atoms with van der Waals surface area (Å²) in [6.45, 7) is 11.1. The lowest BCUT2D eigenvalue weighted by molar-refractivity contribution is -0.127.